The summed E-state index contributed by atoms with van der Waals surface area (Å²) in [4.78, 5) is 0. The van der Waals surface area contributed by atoms with Gasteiger partial charge in [-0.05, 0) is 35.2 Å². The molecule has 2 N–H and O–H groups in total. The summed E-state index contributed by atoms with van der Waals surface area (Å²) < 4.78 is 1.12. The molecule has 0 heterocycles. The second-order valence-electron chi connectivity index (χ2n) is 3.83. The number of rotatable bonds is 2. The minimum Gasteiger partial charge on any atom is -0.326 e. The maximum atomic E-state index is 5.63. The van der Waals surface area contributed by atoms with Crippen LogP contribution >= 0.6 is 15.9 Å². The lowest BCUT2D eigenvalue weighted by atomic mass is 9.98. The van der Waals surface area contributed by atoms with E-state index in [1.54, 1.807) is 0 Å². The van der Waals surface area contributed by atoms with Gasteiger partial charge in [-0.3, -0.25) is 0 Å². The van der Waals surface area contributed by atoms with E-state index in [1.807, 2.05) is 6.07 Å². The second-order valence-corrected chi connectivity index (χ2v) is 4.69. The average molecular weight is 276 g/mol. The first-order valence-corrected chi connectivity index (χ1v) is 6.06. The fraction of sp³-hybridized carbons (Fsp3) is 0.143. The normalized spacial score (nSPS) is 10.4. The molecule has 82 valence electrons. The monoisotopic (exact) mass is 275 g/mol. The second kappa shape index (κ2) is 4.81. The lowest BCUT2D eigenvalue weighted by molar-refractivity contribution is 1.07. The summed E-state index contributed by atoms with van der Waals surface area (Å²) in [6.07, 6.45) is 0. The highest BCUT2D eigenvalue weighted by molar-refractivity contribution is 9.10. The number of halogens is 1. The molecular weight excluding hydrogens is 262 g/mol. The van der Waals surface area contributed by atoms with E-state index in [9.17, 15) is 0 Å². The predicted molar refractivity (Wildman–Crippen MR) is 72.2 cm³/mol. The van der Waals surface area contributed by atoms with Crippen molar-refractivity contribution in [3.8, 4) is 11.1 Å². The summed E-state index contributed by atoms with van der Waals surface area (Å²) in [5.74, 6) is 0. The molecule has 2 aromatic rings. The molecule has 0 radical (unpaired) electrons. The van der Waals surface area contributed by atoms with E-state index >= 15 is 0 Å². The van der Waals surface area contributed by atoms with E-state index in [0.717, 1.165) is 4.47 Å². The van der Waals surface area contributed by atoms with Crippen molar-refractivity contribution in [3.63, 3.8) is 0 Å². The molecular formula is C14H14BrN. The van der Waals surface area contributed by atoms with Crippen LogP contribution in [0, 0.1) is 6.92 Å². The van der Waals surface area contributed by atoms with Crippen molar-refractivity contribution in [2.45, 2.75) is 13.5 Å². The Labute approximate surface area is 104 Å². The van der Waals surface area contributed by atoms with Gasteiger partial charge in [-0.2, -0.15) is 0 Å². The van der Waals surface area contributed by atoms with Gasteiger partial charge < -0.3 is 5.73 Å². The van der Waals surface area contributed by atoms with Gasteiger partial charge >= 0.3 is 0 Å². The first-order chi connectivity index (χ1) is 7.72. The molecule has 0 aliphatic carbocycles. The number of hydrogen-bond donors (Lipinski definition) is 1. The Bertz CT molecular complexity index is 506. The van der Waals surface area contributed by atoms with Crippen molar-refractivity contribution in [2.24, 2.45) is 5.73 Å². The molecule has 0 atom stereocenters. The van der Waals surface area contributed by atoms with E-state index in [0.29, 0.717) is 6.54 Å². The fourth-order valence-corrected chi connectivity index (χ4v) is 2.33. The number of aryl methyl sites for hydroxylation is 1. The zero-order chi connectivity index (χ0) is 11.5. The van der Waals surface area contributed by atoms with Crippen LogP contribution in [0.3, 0.4) is 0 Å². The molecule has 0 fully saturated rings. The molecule has 0 aliphatic heterocycles. The van der Waals surface area contributed by atoms with E-state index in [4.69, 9.17) is 5.73 Å². The molecule has 0 saturated heterocycles. The Morgan fingerprint density at radius 2 is 1.81 bits per heavy atom. The van der Waals surface area contributed by atoms with Crippen molar-refractivity contribution in [3.05, 3.63) is 58.1 Å². The van der Waals surface area contributed by atoms with Crippen LogP contribution in [0.15, 0.2) is 46.9 Å². The Hall–Kier alpha value is -1.12. The van der Waals surface area contributed by atoms with Gasteiger partial charge in [-0.1, -0.05) is 52.3 Å². The van der Waals surface area contributed by atoms with E-state index < -0.39 is 0 Å². The van der Waals surface area contributed by atoms with Gasteiger partial charge in [0.25, 0.3) is 0 Å². The Kier molecular flexibility index (Phi) is 3.42. The van der Waals surface area contributed by atoms with Crippen LogP contribution in [-0.4, -0.2) is 0 Å². The molecule has 2 heteroatoms. The predicted octanol–water partition coefficient (Wildman–Crippen LogP) is 3.88. The van der Waals surface area contributed by atoms with Gasteiger partial charge in [0.15, 0.2) is 0 Å². The van der Waals surface area contributed by atoms with Crippen molar-refractivity contribution in [1.29, 1.82) is 0 Å². The van der Waals surface area contributed by atoms with Gasteiger partial charge in [0, 0.05) is 11.0 Å². The fourth-order valence-electron chi connectivity index (χ4n) is 1.83. The molecule has 0 bridgehead atoms. The van der Waals surface area contributed by atoms with E-state index in [2.05, 4.69) is 59.3 Å². The zero-order valence-electron chi connectivity index (χ0n) is 9.20. The molecule has 2 rings (SSSR count). The summed E-state index contributed by atoms with van der Waals surface area (Å²) in [6, 6.07) is 14.6. The van der Waals surface area contributed by atoms with Gasteiger partial charge in [0.05, 0.1) is 0 Å². The molecule has 0 aliphatic rings. The minimum atomic E-state index is 0.594. The van der Waals surface area contributed by atoms with Crippen LogP contribution in [-0.2, 0) is 6.54 Å². The van der Waals surface area contributed by atoms with Crippen LogP contribution in [0.2, 0.25) is 0 Å². The maximum Gasteiger partial charge on any atom is 0.0253 e. The Morgan fingerprint density at radius 1 is 1.06 bits per heavy atom. The zero-order valence-corrected chi connectivity index (χ0v) is 10.8. The minimum absolute atomic E-state index is 0.594. The lowest BCUT2D eigenvalue weighted by Gasteiger charge is -2.09. The van der Waals surface area contributed by atoms with Gasteiger partial charge in [0.1, 0.15) is 0 Å². The highest BCUT2D eigenvalue weighted by Gasteiger charge is 2.05. The highest BCUT2D eigenvalue weighted by atomic mass is 79.9. The third-order valence-electron chi connectivity index (χ3n) is 2.69. The first kappa shape index (κ1) is 11.4. The van der Waals surface area contributed by atoms with Gasteiger partial charge in [-0.25, -0.2) is 0 Å². The first-order valence-electron chi connectivity index (χ1n) is 5.27. The molecule has 2 aromatic carbocycles. The average Bonchev–Trinajstić information content (AvgIpc) is 2.30. The molecule has 1 nitrogen and oxygen atoms in total. The third kappa shape index (κ3) is 2.18. The molecule has 0 saturated carbocycles. The lowest BCUT2D eigenvalue weighted by Crippen LogP contribution is -1.97. The smallest absolute Gasteiger partial charge is 0.0253 e. The summed E-state index contributed by atoms with van der Waals surface area (Å²) in [6.45, 7) is 2.71. The third-order valence-corrected chi connectivity index (χ3v) is 3.38. The van der Waals surface area contributed by atoms with E-state index in [-0.39, 0.29) is 0 Å². The van der Waals surface area contributed by atoms with Crippen LogP contribution in [0.5, 0.6) is 0 Å². The molecule has 0 aromatic heterocycles. The summed E-state index contributed by atoms with van der Waals surface area (Å²) in [7, 11) is 0. The largest absolute Gasteiger partial charge is 0.326 e. The van der Waals surface area contributed by atoms with Crippen molar-refractivity contribution >= 4 is 15.9 Å². The van der Waals surface area contributed by atoms with Crippen molar-refractivity contribution < 1.29 is 0 Å². The highest BCUT2D eigenvalue weighted by Crippen LogP contribution is 2.30. The van der Waals surface area contributed by atoms with Crippen LogP contribution in [0.25, 0.3) is 11.1 Å². The van der Waals surface area contributed by atoms with Crippen LogP contribution in [0.1, 0.15) is 11.1 Å². The Balaban J connectivity index is 2.53. The number of benzene rings is 2. The molecule has 0 spiro atoms. The summed E-state index contributed by atoms with van der Waals surface area (Å²) >= 11 is 3.58. The standard InChI is InChI=1S/C14H14BrN/c1-10-8-11(9-16)6-7-12(10)13-4-2-3-5-14(13)15/h2-8H,9,16H2,1H3. The topological polar surface area (TPSA) is 26.0 Å². The van der Waals surface area contributed by atoms with Gasteiger partial charge in [-0.15, -0.1) is 0 Å². The van der Waals surface area contributed by atoms with E-state index in [1.165, 1.54) is 22.3 Å². The molecule has 0 amide bonds. The summed E-state index contributed by atoms with van der Waals surface area (Å²) in [5.41, 5.74) is 10.5. The number of hydrogen-bond acceptors (Lipinski definition) is 1. The van der Waals surface area contributed by atoms with Crippen LogP contribution < -0.4 is 5.73 Å². The summed E-state index contributed by atoms with van der Waals surface area (Å²) in [5, 5.41) is 0. The van der Waals surface area contributed by atoms with Gasteiger partial charge in [0.2, 0.25) is 0 Å². The quantitative estimate of drug-likeness (QED) is 0.885. The SMILES string of the molecule is Cc1cc(CN)ccc1-c1ccccc1Br. The molecule has 16 heavy (non-hydrogen) atoms. The van der Waals surface area contributed by atoms with Crippen molar-refractivity contribution in [2.75, 3.05) is 0 Å². The maximum absolute atomic E-state index is 5.63. The van der Waals surface area contributed by atoms with Crippen LogP contribution in [0.4, 0.5) is 0 Å². The number of nitrogens with two attached hydrogens (primary N) is 1. The molecule has 0 unspecified atom stereocenters. The Morgan fingerprint density at radius 3 is 2.44 bits per heavy atom. The van der Waals surface area contributed by atoms with Crippen molar-refractivity contribution in [1.82, 2.24) is 0 Å².